The second-order valence-corrected chi connectivity index (χ2v) is 5.36. The average molecular weight is 261 g/mol. The van der Waals surface area contributed by atoms with Gasteiger partial charge in [0.05, 0.1) is 17.5 Å². The maximum Gasteiger partial charge on any atom is 0.233 e. The van der Waals surface area contributed by atoms with Crippen molar-refractivity contribution in [2.45, 2.75) is 18.0 Å². The number of fused-ring (bicyclic) bond motifs is 1. The van der Waals surface area contributed by atoms with Crippen molar-refractivity contribution >= 4 is 23.2 Å². The van der Waals surface area contributed by atoms with Crippen LogP contribution in [0.4, 0.5) is 0 Å². The third-order valence-corrected chi connectivity index (χ3v) is 4.14. The van der Waals surface area contributed by atoms with Crippen LogP contribution in [0.1, 0.15) is 12.8 Å². The molecule has 94 valence electrons. The Morgan fingerprint density at radius 3 is 3.00 bits per heavy atom. The number of carbonyl (C=O) groups excluding carboxylic acids is 1. The summed E-state index contributed by atoms with van der Waals surface area (Å²) in [6.07, 6.45) is 6.10. The molecule has 5 heteroatoms. The van der Waals surface area contributed by atoms with E-state index < -0.39 is 0 Å². The predicted molar refractivity (Wildman–Crippen MR) is 71.7 cm³/mol. The molecule has 0 radical (unpaired) electrons. The zero-order chi connectivity index (χ0) is 12.4. The monoisotopic (exact) mass is 261 g/mol. The van der Waals surface area contributed by atoms with Crippen molar-refractivity contribution in [1.82, 2.24) is 14.3 Å². The van der Waals surface area contributed by atoms with Gasteiger partial charge in [-0.25, -0.2) is 4.98 Å². The van der Waals surface area contributed by atoms with Crippen LogP contribution in [0.25, 0.3) is 5.52 Å². The summed E-state index contributed by atoms with van der Waals surface area (Å²) >= 11 is 1.51. The van der Waals surface area contributed by atoms with Gasteiger partial charge in [0.25, 0.3) is 0 Å². The zero-order valence-corrected chi connectivity index (χ0v) is 10.9. The van der Waals surface area contributed by atoms with Crippen LogP contribution in [0.15, 0.2) is 35.7 Å². The molecule has 0 aliphatic carbocycles. The van der Waals surface area contributed by atoms with Crippen LogP contribution in [0, 0.1) is 0 Å². The van der Waals surface area contributed by atoms with Crippen molar-refractivity contribution in [3.05, 3.63) is 30.6 Å². The van der Waals surface area contributed by atoms with Gasteiger partial charge >= 0.3 is 0 Å². The molecule has 1 aliphatic heterocycles. The number of pyridine rings is 1. The van der Waals surface area contributed by atoms with Crippen LogP contribution in [-0.2, 0) is 4.79 Å². The van der Waals surface area contributed by atoms with Gasteiger partial charge in [-0.1, -0.05) is 17.8 Å². The molecule has 1 aliphatic rings. The minimum absolute atomic E-state index is 0.227. The van der Waals surface area contributed by atoms with E-state index >= 15 is 0 Å². The van der Waals surface area contributed by atoms with E-state index in [1.807, 2.05) is 39.9 Å². The largest absolute Gasteiger partial charge is 0.342 e. The van der Waals surface area contributed by atoms with Crippen molar-refractivity contribution in [3.8, 4) is 0 Å². The van der Waals surface area contributed by atoms with Crippen molar-refractivity contribution < 1.29 is 4.79 Å². The van der Waals surface area contributed by atoms with Crippen LogP contribution in [0.5, 0.6) is 0 Å². The van der Waals surface area contributed by atoms with Gasteiger partial charge in [0.15, 0.2) is 5.16 Å². The summed E-state index contributed by atoms with van der Waals surface area (Å²) in [6.45, 7) is 1.84. The minimum Gasteiger partial charge on any atom is -0.342 e. The highest BCUT2D eigenvalue weighted by Crippen LogP contribution is 2.19. The Bertz CT molecular complexity index is 560. The van der Waals surface area contributed by atoms with Crippen molar-refractivity contribution in [3.63, 3.8) is 0 Å². The lowest BCUT2D eigenvalue weighted by Crippen LogP contribution is -2.29. The maximum atomic E-state index is 11.9. The number of hydrogen-bond acceptors (Lipinski definition) is 3. The van der Waals surface area contributed by atoms with E-state index in [0.717, 1.165) is 36.6 Å². The van der Waals surface area contributed by atoms with E-state index in [9.17, 15) is 4.79 Å². The van der Waals surface area contributed by atoms with Crippen LogP contribution in [0.3, 0.4) is 0 Å². The summed E-state index contributed by atoms with van der Waals surface area (Å²) in [6, 6.07) is 5.97. The van der Waals surface area contributed by atoms with Gasteiger partial charge in [-0.15, -0.1) is 0 Å². The molecule has 3 heterocycles. The van der Waals surface area contributed by atoms with E-state index in [2.05, 4.69) is 4.98 Å². The maximum absolute atomic E-state index is 11.9. The fourth-order valence-electron chi connectivity index (χ4n) is 2.21. The molecule has 0 aromatic carbocycles. The first kappa shape index (κ1) is 11.6. The summed E-state index contributed by atoms with van der Waals surface area (Å²) < 4.78 is 2.02. The molecule has 2 aromatic rings. The first-order valence-corrected chi connectivity index (χ1v) is 7.16. The van der Waals surface area contributed by atoms with Gasteiger partial charge in [-0.2, -0.15) is 0 Å². The molecule has 3 rings (SSSR count). The summed E-state index contributed by atoms with van der Waals surface area (Å²) in [5, 5.41) is 0.887. The van der Waals surface area contributed by atoms with Gasteiger partial charge in [0.2, 0.25) is 5.91 Å². The lowest BCUT2D eigenvalue weighted by molar-refractivity contribution is -0.127. The summed E-state index contributed by atoms with van der Waals surface area (Å²) in [7, 11) is 0. The molecule has 1 amide bonds. The Labute approximate surface area is 110 Å². The highest BCUT2D eigenvalue weighted by atomic mass is 32.2. The predicted octanol–water partition coefficient (Wildman–Crippen LogP) is 2.05. The van der Waals surface area contributed by atoms with E-state index in [-0.39, 0.29) is 5.91 Å². The van der Waals surface area contributed by atoms with Gasteiger partial charge in [-0.3, -0.25) is 9.20 Å². The molecule has 0 bridgehead atoms. The molecule has 0 saturated carbocycles. The molecule has 1 fully saturated rings. The topological polar surface area (TPSA) is 37.6 Å². The standard InChI is InChI=1S/C13H15N3OS/c17-12(15-6-3-4-7-15)10-18-13-14-9-11-5-1-2-8-16(11)13/h1-2,5,8-9H,3-4,6-7,10H2. The van der Waals surface area contributed by atoms with Crippen LogP contribution in [-0.4, -0.2) is 39.0 Å². The number of amides is 1. The smallest absolute Gasteiger partial charge is 0.233 e. The number of nitrogens with zero attached hydrogens (tertiary/aromatic N) is 3. The number of hydrogen-bond donors (Lipinski definition) is 0. The molecule has 18 heavy (non-hydrogen) atoms. The molecule has 4 nitrogen and oxygen atoms in total. The number of likely N-dealkylation sites (tertiary alicyclic amines) is 1. The zero-order valence-electron chi connectivity index (χ0n) is 10.1. The fraction of sp³-hybridized carbons (Fsp3) is 0.385. The number of imidazole rings is 1. The molecule has 0 unspecified atom stereocenters. The molecule has 0 spiro atoms. The Morgan fingerprint density at radius 2 is 2.17 bits per heavy atom. The SMILES string of the molecule is O=C(CSc1ncc2ccccn12)N1CCCC1. The lowest BCUT2D eigenvalue weighted by atomic mass is 10.4. The molecular formula is C13H15N3OS. The molecule has 0 N–H and O–H groups in total. The molecular weight excluding hydrogens is 246 g/mol. The Kier molecular flexibility index (Phi) is 3.23. The Hall–Kier alpha value is -1.49. The van der Waals surface area contributed by atoms with Crippen molar-refractivity contribution in [2.75, 3.05) is 18.8 Å². The van der Waals surface area contributed by atoms with Crippen LogP contribution >= 0.6 is 11.8 Å². The van der Waals surface area contributed by atoms with Crippen molar-refractivity contribution in [2.24, 2.45) is 0 Å². The number of thioether (sulfide) groups is 1. The number of aromatic nitrogens is 2. The van der Waals surface area contributed by atoms with Crippen molar-refractivity contribution in [1.29, 1.82) is 0 Å². The molecule has 2 aromatic heterocycles. The first-order valence-electron chi connectivity index (χ1n) is 6.17. The number of carbonyl (C=O) groups is 1. The third kappa shape index (κ3) is 2.22. The second-order valence-electron chi connectivity index (χ2n) is 4.41. The van der Waals surface area contributed by atoms with Crippen LogP contribution in [0.2, 0.25) is 0 Å². The lowest BCUT2D eigenvalue weighted by Gasteiger charge is -2.14. The molecule has 0 atom stereocenters. The normalized spacial score (nSPS) is 15.4. The first-order chi connectivity index (χ1) is 8.84. The minimum atomic E-state index is 0.227. The highest BCUT2D eigenvalue weighted by Gasteiger charge is 2.18. The van der Waals surface area contributed by atoms with E-state index in [1.54, 1.807) is 0 Å². The quantitative estimate of drug-likeness (QED) is 0.794. The third-order valence-electron chi connectivity index (χ3n) is 3.19. The second kappa shape index (κ2) is 5.02. The van der Waals surface area contributed by atoms with Crippen LogP contribution < -0.4 is 0 Å². The Morgan fingerprint density at radius 1 is 1.33 bits per heavy atom. The van der Waals surface area contributed by atoms with Gasteiger partial charge in [0.1, 0.15) is 0 Å². The molecule has 1 saturated heterocycles. The Balaban J connectivity index is 1.67. The van der Waals surface area contributed by atoms with E-state index in [4.69, 9.17) is 0 Å². The summed E-state index contributed by atoms with van der Waals surface area (Å²) in [4.78, 5) is 18.2. The highest BCUT2D eigenvalue weighted by molar-refractivity contribution is 7.99. The average Bonchev–Trinajstić information content (AvgIpc) is 3.06. The summed E-state index contributed by atoms with van der Waals surface area (Å²) in [5.41, 5.74) is 1.06. The van der Waals surface area contributed by atoms with Gasteiger partial charge < -0.3 is 4.90 Å². The van der Waals surface area contributed by atoms with E-state index in [1.165, 1.54) is 11.8 Å². The number of rotatable bonds is 3. The van der Waals surface area contributed by atoms with E-state index in [0.29, 0.717) is 5.75 Å². The fourth-order valence-corrected chi connectivity index (χ4v) is 3.08. The summed E-state index contributed by atoms with van der Waals surface area (Å²) in [5.74, 6) is 0.707. The van der Waals surface area contributed by atoms with Gasteiger partial charge in [0, 0.05) is 19.3 Å². The van der Waals surface area contributed by atoms with Gasteiger partial charge in [-0.05, 0) is 25.0 Å².